The van der Waals surface area contributed by atoms with E-state index in [4.69, 9.17) is 0 Å². The molecule has 0 aromatic heterocycles. The van der Waals surface area contributed by atoms with Crippen molar-refractivity contribution in [3.8, 4) is 0 Å². The van der Waals surface area contributed by atoms with E-state index in [9.17, 15) is 9.59 Å². The Morgan fingerprint density at radius 1 is 0.767 bits per heavy atom. The lowest BCUT2D eigenvalue weighted by atomic mass is 10.0. The molecule has 1 heterocycles. The van der Waals surface area contributed by atoms with Crippen molar-refractivity contribution in [3.05, 3.63) is 101 Å². The molecule has 4 nitrogen and oxygen atoms in total. The lowest BCUT2D eigenvalue weighted by Gasteiger charge is -2.25. The standard InChI is InChI=1S/C26H24N2O2/c1-4-27(21-11-6-5-7-12-21)24-23(20-16-14-18(2)15-17-20)25(29)28(26(24)30)22-13-9-8-10-19(22)3/h5-17H,4H2,1-3H3. The van der Waals surface area contributed by atoms with Crippen LogP contribution in [0.5, 0.6) is 0 Å². The van der Waals surface area contributed by atoms with E-state index in [1.165, 1.54) is 4.90 Å². The summed E-state index contributed by atoms with van der Waals surface area (Å²) in [6, 6.07) is 25.0. The van der Waals surface area contributed by atoms with Crippen molar-refractivity contribution in [1.82, 2.24) is 0 Å². The molecule has 0 fully saturated rings. The zero-order valence-electron chi connectivity index (χ0n) is 17.4. The Labute approximate surface area is 177 Å². The quantitative estimate of drug-likeness (QED) is 0.563. The van der Waals surface area contributed by atoms with Gasteiger partial charge < -0.3 is 4.90 Å². The molecule has 4 rings (SSSR count). The smallest absolute Gasteiger partial charge is 0.282 e. The van der Waals surface area contributed by atoms with E-state index in [1.54, 1.807) is 0 Å². The highest BCUT2D eigenvalue weighted by molar-refractivity contribution is 6.46. The molecule has 3 aromatic rings. The van der Waals surface area contributed by atoms with Gasteiger partial charge in [0, 0.05) is 12.2 Å². The van der Waals surface area contributed by atoms with Crippen LogP contribution in [0, 0.1) is 13.8 Å². The summed E-state index contributed by atoms with van der Waals surface area (Å²) in [6.07, 6.45) is 0. The number of amides is 2. The van der Waals surface area contributed by atoms with Crippen LogP contribution in [0.25, 0.3) is 5.57 Å². The predicted molar refractivity (Wildman–Crippen MR) is 121 cm³/mol. The third kappa shape index (κ3) is 3.30. The largest absolute Gasteiger partial charge is 0.337 e. The molecule has 1 aliphatic rings. The van der Waals surface area contributed by atoms with E-state index in [2.05, 4.69) is 0 Å². The highest BCUT2D eigenvalue weighted by Gasteiger charge is 2.42. The van der Waals surface area contributed by atoms with E-state index < -0.39 is 0 Å². The average molecular weight is 396 g/mol. The summed E-state index contributed by atoms with van der Waals surface area (Å²) in [5, 5.41) is 0. The van der Waals surface area contributed by atoms with Crippen LogP contribution in [0.15, 0.2) is 84.6 Å². The van der Waals surface area contributed by atoms with E-state index >= 15 is 0 Å². The minimum atomic E-state index is -0.296. The molecule has 2 amide bonds. The van der Waals surface area contributed by atoms with Gasteiger partial charge in [-0.15, -0.1) is 0 Å². The molecule has 0 spiro atoms. The maximum absolute atomic E-state index is 13.7. The van der Waals surface area contributed by atoms with Crippen molar-refractivity contribution in [2.45, 2.75) is 20.8 Å². The van der Waals surface area contributed by atoms with Crippen molar-refractivity contribution in [3.63, 3.8) is 0 Å². The fourth-order valence-corrected chi connectivity index (χ4v) is 3.86. The van der Waals surface area contributed by atoms with Gasteiger partial charge in [-0.25, -0.2) is 4.90 Å². The highest BCUT2D eigenvalue weighted by Crippen LogP contribution is 2.37. The molecular formula is C26H24N2O2. The highest BCUT2D eigenvalue weighted by atomic mass is 16.2. The molecule has 0 atom stereocenters. The van der Waals surface area contributed by atoms with Gasteiger partial charge in [-0.3, -0.25) is 9.59 Å². The van der Waals surface area contributed by atoms with Gasteiger partial charge in [-0.1, -0.05) is 66.2 Å². The van der Waals surface area contributed by atoms with Gasteiger partial charge in [-0.2, -0.15) is 0 Å². The molecule has 30 heavy (non-hydrogen) atoms. The molecule has 0 N–H and O–H groups in total. The molecule has 0 bridgehead atoms. The first-order valence-electron chi connectivity index (χ1n) is 10.1. The van der Waals surface area contributed by atoms with Gasteiger partial charge in [0.1, 0.15) is 5.70 Å². The Kier molecular flexibility index (Phi) is 5.23. The molecule has 0 aliphatic carbocycles. The second-order valence-electron chi connectivity index (χ2n) is 7.40. The zero-order chi connectivity index (χ0) is 21.3. The molecular weight excluding hydrogens is 372 g/mol. The first-order valence-corrected chi connectivity index (χ1v) is 10.1. The summed E-state index contributed by atoms with van der Waals surface area (Å²) in [5.41, 5.74) is 5.09. The summed E-state index contributed by atoms with van der Waals surface area (Å²) >= 11 is 0. The third-order valence-corrected chi connectivity index (χ3v) is 5.41. The van der Waals surface area contributed by atoms with Gasteiger partial charge in [0.2, 0.25) is 0 Å². The van der Waals surface area contributed by atoms with E-state index in [-0.39, 0.29) is 11.8 Å². The molecule has 0 saturated heterocycles. The second kappa shape index (κ2) is 7.99. The minimum absolute atomic E-state index is 0.289. The summed E-state index contributed by atoms with van der Waals surface area (Å²) in [5.74, 6) is -0.585. The first-order chi connectivity index (χ1) is 14.5. The number of hydrogen-bond acceptors (Lipinski definition) is 3. The minimum Gasteiger partial charge on any atom is -0.337 e. The van der Waals surface area contributed by atoms with Gasteiger partial charge in [0.25, 0.3) is 11.8 Å². The van der Waals surface area contributed by atoms with Gasteiger partial charge in [0.15, 0.2) is 0 Å². The third-order valence-electron chi connectivity index (χ3n) is 5.41. The summed E-state index contributed by atoms with van der Waals surface area (Å²) < 4.78 is 0. The first kappa shape index (κ1) is 19.6. The Morgan fingerprint density at radius 2 is 1.40 bits per heavy atom. The van der Waals surface area contributed by atoms with Crippen LogP contribution < -0.4 is 9.80 Å². The summed E-state index contributed by atoms with van der Waals surface area (Å²) in [6.45, 7) is 6.47. The lowest BCUT2D eigenvalue weighted by Crippen LogP contribution is -2.35. The fourth-order valence-electron chi connectivity index (χ4n) is 3.86. The number of imide groups is 1. The summed E-state index contributed by atoms with van der Waals surface area (Å²) in [4.78, 5) is 30.6. The Bertz CT molecular complexity index is 1130. The number of benzene rings is 3. The molecule has 1 aliphatic heterocycles. The van der Waals surface area contributed by atoms with Crippen LogP contribution in [0.2, 0.25) is 0 Å². The maximum Gasteiger partial charge on any atom is 0.282 e. The van der Waals surface area contributed by atoms with E-state index in [1.807, 2.05) is 105 Å². The van der Waals surface area contributed by atoms with Crippen LogP contribution in [-0.4, -0.2) is 18.4 Å². The number of anilines is 2. The number of carbonyl (C=O) groups is 2. The Morgan fingerprint density at radius 3 is 2.03 bits per heavy atom. The number of aryl methyl sites for hydroxylation is 2. The second-order valence-corrected chi connectivity index (χ2v) is 7.40. The normalized spacial score (nSPS) is 13.9. The SMILES string of the molecule is CCN(C1=C(c2ccc(C)cc2)C(=O)N(c2ccccc2C)C1=O)c1ccccc1. The molecule has 0 radical (unpaired) electrons. The number of rotatable bonds is 5. The van der Waals surface area contributed by atoms with E-state index in [0.717, 1.165) is 22.4 Å². The van der Waals surface area contributed by atoms with E-state index in [0.29, 0.717) is 23.5 Å². The topological polar surface area (TPSA) is 40.6 Å². The Balaban J connectivity index is 1.92. The lowest BCUT2D eigenvalue weighted by molar-refractivity contribution is -0.120. The van der Waals surface area contributed by atoms with Crippen molar-refractivity contribution in [1.29, 1.82) is 0 Å². The van der Waals surface area contributed by atoms with Crippen LogP contribution in [0.4, 0.5) is 11.4 Å². The number of hydrogen-bond donors (Lipinski definition) is 0. The van der Waals surface area contributed by atoms with Gasteiger partial charge in [0.05, 0.1) is 11.3 Å². The van der Waals surface area contributed by atoms with Crippen LogP contribution >= 0.6 is 0 Å². The van der Waals surface area contributed by atoms with Crippen molar-refractivity contribution < 1.29 is 9.59 Å². The molecule has 3 aromatic carbocycles. The van der Waals surface area contributed by atoms with Gasteiger partial charge in [-0.05, 0) is 50.1 Å². The number of nitrogens with zero attached hydrogens (tertiary/aromatic N) is 2. The average Bonchev–Trinajstić information content (AvgIpc) is 3.01. The molecule has 0 unspecified atom stereocenters. The zero-order valence-corrected chi connectivity index (χ0v) is 17.4. The molecule has 0 saturated carbocycles. The van der Waals surface area contributed by atoms with Crippen molar-refractivity contribution in [2.75, 3.05) is 16.3 Å². The molecule has 4 heteroatoms. The number of likely N-dealkylation sites (N-methyl/N-ethyl adjacent to an activating group) is 1. The maximum atomic E-state index is 13.7. The monoisotopic (exact) mass is 396 g/mol. The number of carbonyl (C=O) groups excluding carboxylic acids is 2. The summed E-state index contributed by atoms with van der Waals surface area (Å²) in [7, 11) is 0. The predicted octanol–water partition coefficient (Wildman–Crippen LogP) is 5.11. The Hall–Kier alpha value is -3.66. The van der Waals surface area contributed by atoms with Gasteiger partial charge >= 0.3 is 0 Å². The van der Waals surface area contributed by atoms with Crippen molar-refractivity contribution >= 4 is 28.8 Å². The number of para-hydroxylation sites is 2. The van der Waals surface area contributed by atoms with Crippen LogP contribution in [0.3, 0.4) is 0 Å². The van der Waals surface area contributed by atoms with Crippen molar-refractivity contribution in [2.24, 2.45) is 0 Å². The molecule has 150 valence electrons. The van der Waals surface area contributed by atoms with Crippen LogP contribution in [0.1, 0.15) is 23.6 Å². The fraction of sp³-hybridized carbons (Fsp3) is 0.154. The van der Waals surface area contributed by atoms with Crippen LogP contribution in [-0.2, 0) is 9.59 Å².